The van der Waals surface area contributed by atoms with Gasteiger partial charge in [0.05, 0.1) is 0 Å². The molecule has 0 aliphatic rings. The van der Waals surface area contributed by atoms with Crippen LogP contribution in [0.3, 0.4) is 0 Å². The molecule has 1 nitrogen and oxygen atoms in total. The van der Waals surface area contributed by atoms with Crippen LogP contribution >= 0.6 is 0 Å². The Bertz CT molecular complexity index is 1240. The minimum absolute atomic E-state index is 0.378. The Morgan fingerprint density at radius 3 is 2.29 bits per heavy atom. The molecule has 0 saturated carbocycles. The molecule has 0 bridgehead atoms. The second-order valence-corrected chi connectivity index (χ2v) is 7.30. The fourth-order valence-corrected chi connectivity index (χ4v) is 3.74. The van der Waals surface area contributed by atoms with E-state index in [1.165, 1.54) is 5.56 Å². The third-order valence-electron chi connectivity index (χ3n) is 5.33. The van der Waals surface area contributed by atoms with E-state index >= 15 is 0 Å². The molecule has 0 fully saturated rings. The third kappa shape index (κ3) is 3.36. The number of benzene rings is 3. The lowest BCUT2D eigenvalue weighted by Gasteiger charge is -2.14. The van der Waals surface area contributed by atoms with E-state index in [1.807, 2.05) is 67.7 Å². The third-order valence-corrected chi connectivity index (χ3v) is 5.33. The predicted octanol–water partition coefficient (Wildman–Crippen LogP) is 6.44. The largest absolute Gasteiger partial charge is 0.212 e. The molecule has 0 N–H and O–H groups in total. The van der Waals surface area contributed by atoms with Crippen molar-refractivity contribution in [1.29, 1.82) is 0 Å². The molecule has 0 radical (unpaired) electrons. The van der Waals surface area contributed by atoms with Crippen LogP contribution in [0.2, 0.25) is 0 Å². The maximum atomic E-state index is 8.20. The molecule has 0 spiro atoms. The number of aryl methyl sites for hydroxylation is 3. The van der Waals surface area contributed by atoms with Gasteiger partial charge in [-0.15, -0.1) is 0 Å². The molecule has 0 atom stereocenters. The summed E-state index contributed by atoms with van der Waals surface area (Å²) in [6.07, 6.45) is 2.05. The summed E-state index contributed by atoms with van der Waals surface area (Å²) in [6, 6.07) is 26.0. The Kier molecular flexibility index (Phi) is 3.94. The summed E-state index contributed by atoms with van der Waals surface area (Å²) in [5.74, 6) is 0. The molecule has 4 rings (SSSR count). The van der Waals surface area contributed by atoms with Crippen molar-refractivity contribution in [2.45, 2.75) is 20.7 Å². The normalized spacial score (nSPS) is 12.9. The second-order valence-electron chi connectivity index (χ2n) is 7.30. The van der Waals surface area contributed by atoms with Gasteiger partial charge in [0.25, 0.3) is 0 Å². The van der Waals surface area contributed by atoms with E-state index in [-0.39, 0.29) is 0 Å². The molecule has 0 amide bonds. The van der Waals surface area contributed by atoms with Gasteiger partial charge in [0.1, 0.15) is 7.05 Å². The van der Waals surface area contributed by atoms with Gasteiger partial charge in [0.2, 0.25) is 5.69 Å². The zero-order valence-corrected chi connectivity index (χ0v) is 16.5. The summed E-state index contributed by atoms with van der Waals surface area (Å²) in [5, 5.41) is 0. The van der Waals surface area contributed by atoms with Gasteiger partial charge >= 0.3 is 0 Å². The monoisotopic (exact) mass is 367 g/mol. The van der Waals surface area contributed by atoms with E-state index in [0.717, 1.165) is 39.1 Å². The summed E-state index contributed by atoms with van der Waals surface area (Å²) >= 11 is 0. The maximum absolute atomic E-state index is 8.20. The van der Waals surface area contributed by atoms with Crippen LogP contribution in [0.5, 0.6) is 0 Å². The zero-order chi connectivity index (χ0) is 22.2. The molecule has 4 aromatic rings. The van der Waals surface area contributed by atoms with Crippen LogP contribution in [0.1, 0.15) is 20.8 Å². The van der Waals surface area contributed by atoms with Crippen molar-refractivity contribution in [3.05, 3.63) is 102 Å². The van der Waals surface area contributed by atoms with Crippen LogP contribution in [0, 0.1) is 20.7 Å². The van der Waals surface area contributed by atoms with Crippen molar-refractivity contribution >= 4 is 0 Å². The van der Waals surface area contributed by atoms with Gasteiger partial charge in [0.15, 0.2) is 6.20 Å². The molecule has 28 heavy (non-hydrogen) atoms. The highest BCUT2D eigenvalue weighted by molar-refractivity contribution is 5.80. The van der Waals surface area contributed by atoms with E-state index in [2.05, 4.69) is 42.8 Å². The number of aromatic nitrogens is 1. The Morgan fingerprint density at radius 1 is 0.714 bits per heavy atom. The first-order valence-electron chi connectivity index (χ1n) is 11.0. The van der Waals surface area contributed by atoms with Crippen molar-refractivity contribution in [3.63, 3.8) is 0 Å². The molecule has 1 aromatic heterocycles. The number of nitrogens with zero attached hydrogens (tertiary/aromatic N) is 1. The summed E-state index contributed by atoms with van der Waals surface area (Å²) in [6.45, 7) is 1.94. The molecule has 0 unspecified atom stereocenters. The first kappa shape index (κ1) is 14.8. The standard InChI is InChI=1S/C27H26N/c1-19-15-16-28(4)27(17-19)26-12-8-11-25(21(26)3)24-14-13-23(18-20(24)2)22-9-6-5-7-10-22/h5-18H,1-4H3/q+1/i2D3. The molecular formula is C27H26N+. The lowest BCUT2D eigenvalue weighted by atomic mass is 9.90. The van der Waals surface area contributed by atoms with Crippen molar-refractivity contribution in [3.8, 4) is 33.5 Å². The van der Waals surface area contributed by atoms with E-state index < -0.39 is 6.85 Å². The van der Waals surface area contributed by atoms with E-state index in [9.17, 15) is 0 Å². The van der Waals surface area contributed by atoms with Crippen molar-refractivity contribution < 1.29 is 8.68 Å². The van der Waals surface area contributed by atoms with Gasteiger partial charge in [-0.3, -0.25) is 0 Å². The molecular weight excluding hydrogens is 338 g/mol. The summed E-state index contributed by atoms with van der Waals surface area (Å²) in [4.78, 5) is 0. The van der Waals surface area contributed by atoms with Gasteiger partial charge in [-0.05, 0) is 65.7 Å². The van der Waals surface area contributed by atoms with Crippen molar-refractivity contribution in [1.82, 2.24) is 0 Å². The van der Waals surface area contributed by atoms with Crippen LogP contribution in [0.4, 0.5) is 0 Å². The number of hydrogen-bond acceptors (Lipinski definition) is 0. The van der Waals surface area contributed by atoms with Gasteiger partial charge in [0, 0.05) is 21.8 Å². The lowest BCUT2D eigenvalue weighted by Crippen LogP contribution is -2.30. The number of hydrogen-bond donors (Lipinski definition) is 0. The van der Waals surface area contributed by atoms with Gasteiger partial charge in [-0.2, -0.15) is 0 Å². The van der Waals surface area contributed by atoms with E-state index in [4.69, 9.17) is 4.11 Å². The molecule has 0 saturated heterocycles. The highest BCUT2D eigenvalue weighted by atomic mass is 14.9. The van der Waals surface area contributed by atoms with Crippen LogP contribution < -0.4 is 4.57 Å². The fraction of sp³-hybridized carbons (Fsp3) is 0.148. The second kappa shape index (κ2) is 7.44. The average molecular weight is 368 g/mol. The molecule has 0 aliphatic heterocycles. The fourth-order valence-electron chi connectivity index (χ4n) is 3.74. The predicted molar refractivity (Wildman–Crippen MR) is 118 cm³/mol. The first-order chi connectivity index (χ1) is 14.8. The van der Waals surface area contributed by atoms with Crippen molar-refractivity contribution in [2.75, 3.05) is 0 Å². The smallest absolute Gasteiger partial charge is 0.201 e. The Labute approximate surface area is 172 Å². The minimum atomic E-state index is -2.21. The number of rotatable bonds is 3. The summed E-state index contributed by atoms with van der Waals surface area (Å²) in [7, 11) is 2.03. The molecule has 1 heterocycles. The molecule has 3 aromatic carbocycles. The summed E-state index contributed by atoms with van der Waals surface area (Å²) in [5.41, 5.74) is 8.48. The van der Waals surface area contributed by atoms with Crippen molar-refractivity contribution in [2.24, 2.45) is 7.05 Å². The van der Waals surface area contributed by atoms with Crippen LogP contribution in [-0.2, 0) is 7.05 Å². The topological polar surface area (TPSA) is 3.88 Å². The highest BCUT2D eigenvalue weighted by Crippen LogP contribution is 2.34. The van der Waals surface area contributed by atoms with Crippen LogP contribution in [0.25, 0.3) is 33.5 Å². The maximum Gasteiger partial charge on any atom is 0.212 e. The van der Waals surface area contributed by atoms with Crippen LogP contribution in [0.15, 0.2) is 85.1 Å². The molecule has 1 heteroatoms. The summed E-state index contributed by atoms with van der Waals surface area (Å²) < 4.78 is 26.7. The highest BCUT2D eigenvalue weighted by Gasteiger charge is 2.16. The Hall–Kier alpha value is -3.19. The van der Waals surface area contributed by atoms with E-state index in [0.29, 0.717) is 5.56 Å². The zero-order valence-electron chi connectivity index (χ0n) is 19.5. The minimum Gasteiger partial charge on any atom is -0.201 e. The lowest BCUT2D eigenvalue weighted by molar-refractivity contribution is -0.660. The van der Waals surface area contributed by atoms with E-state index in [1.54, 1.807) is 0 Å². The van der Waals surface area contributed by atoms with Gasteiger partial charge < -0.3 is 0 Å². The van der Waals surface area contributed by atoms with Crippen LogP contribution in [-0.4, -0.2) is 0 Å². The van der Waals surface area contributed by atoms with Gasteiger partial charge in [-0.25, -0.2) is 4.57 Å². The quantitative estimate of drug-likeness (QED) is 0.367. The average Bonchev–Trinajstić information content (AvgIpc) is 2.75. The Morgan fingerprint density at radius 2 is 1.50 bits per heavy atom. The van der Waals surface area contributed by atoms with Gasteiger partial charge in [-0.1, -0.05) is 60.7 Å². The molecule has 138 valence electrons. The first-order valence-corrected chi connectivity index (χ1v) is 9.52. The molecule has 0 aliphatic carbocycles. The Balaban J connectivity index is 1.91. The SMILES string of the molecule is [2H]C([2H])([2H])c1cc(-c2ccccc2)ccc1-c1cccc(-c2cc(C)cc[n+]2C)c1C. The number of pyridine rings is 1.